The number of phosphoric ester groups is 1. The predicted molar refractivity (Wildman–Crippen MR) is 243 cm³/mol. The van der Waals surface area contributed by atoms with Crippen molar-refractivity contribution >= 4 is 19.8 Å². The molecule has 0 heterocycles. The summed E-state index contributed by atoms with van der Waals surface area (Å²) in [7, 11) is -2.67. The molecule has 0 aliphatic heterocycles. The minimum atomic E-state index is -4.37. The molecule has 2 unspecified atom stereocenters. The molecule has 0 aromatic carbocycles. The standard InChI is InChI=1S/C48H84NO8P/c1-4-6-8-10-12-14-16-18-20-22-23-25-27-29-31-33-35-37-39-41-48(51)57-46(45-56-58(52,53)55-43-42-49-3)44-54-47(50)40-38-36-34-32-30-28-26-24-21-19-17-15-13-11-9-7-5-2/h12-15,18-21,26,28,32,34,46,49H,4-11,16-17,22-25,27,29-31,33,35-45H2,1-3H3,(H,52,53)/b14-12-,15-13-,20-18-,21-19-,28-26-,34-32-. The molecule has 9 nitrogen and oxygen atoms in total. The van der Waals surface area contributed by atoms with Gasteiger partial charge >= 0.3 is 19.8 Å². The first-order valence-corrected chi connectivity index (χ1v) is 24.4. The maximum Gasteiger partial charge on any atom is 0.472 e. The fourth-order valence-electron chi connectivity index (χ4n) is 5.81. The Kier molecular flexibility index (Phi) is 42.1. The highest BCUT2D eigenvalue weighted by Gasteiger charge is 2.26. The number of unbranched alkanes of at least 4 members (excludes halogenated alkanes) is 16. The van der Waals surface area contributed by atoms with Crippen molar-refractivity contribution in [2.45, 2.75) is 187 Å². The van der Waals surface area contributed by atoms with E-state index < -0.39 is 32.5 Å². The molecule has 0 bridgehead atoms. The van der Waals surface area contributed by atoms with Crippen molar-refractivity contribution in [2.24, 2.45) is 0 Å². The highest BCUT2D eigenvalue weighted by Crippen LogP contribution is 2.43. The average molecular weight is 834 g/mol. The van der Waals surface area contributed by atoms with Gasteiger partial charge in [-0.2, -0.15) is 0 Å². The summed E-state index contributed by atoms with van der Waals surface area (Å²) >= 11 is 0. The van der Waals surface area contributed by atoms with E-state index in [1.807, 2.05) is 0 Å². The second-order valence-corrected chi connectivity index (χ2v) is 16.3. The van der Waals surface area contributed by atoms with E-state index in [9.17, 15) is 19.0 Å². The molecule has 0 aliphatic rings. The highest BCUT2D eigenvalue weighted by molar-refractivity contribution is 7.47. The van der Waals surface area contributed by atoms with E-state index in [-0.39, 0.29) is 26.1 Å². The summed E-state index contributed by atoms with van der Waals surface area (Å²) in [5.74, 6) is -0.881. The number of esters is 2. The van der Waals surface area contributed by atoms with Crippen LogP contribution < -0.4 is 5.32 Å². The van der Waals surface area contributed by atoms with E-state index in [2.05, 4.69) is 92.1 Å². The van der Waals surface area contributed by atoms with E-state index in [1.54, 1.807) is 7.05 Å². The van der Waals surface area contributed by atoms with Crippen molar-refractivity contribution < 1.29 is 37.6 Å². The van der Waals surface area contributed by atoms with Gasteiger partial charge in [0.1, 0.15) is 6.61 Å². The lowest BCUT2D eigenvalue weighted by Crippen LogP contribution is -2.29. The SMILES string of the molecule is CCCCC/C=C\C/C=C\C/C=C\C/C=C\CCCC(=O)OCC(COP(=O)(O)OCCNC)OC(=O)CCCCCCCCCCC/C=C\C/C=C\CCCCC. The first kappa shape index (κ1) is 55.5. The molecular weight excluding hydrogens is 750 g/mol. The number of carbonyl (C=O) groups excluding carboxylic acids is 2. The monoisotopic (exact) mass is 834 g/mol. The lowest BCUT2D eigenvalue weighted by molar-refractivity contribution is -0.161. The van der Waals surface area contributed by atoms with Gasteiger partial charge in [-0.05, 0) is 90.5 Å². The number of phosphoric acid groups is 1. The minimum Gasteiger partial charge on any atom is -0.462 e. The molecular formula is C48H84NO8P. The number of ether oxygens (including phenoxy) is 2. The maximum atomic E-state index is 12.6. The Hall–Kier alpha value is -2.55. The molecule has 0 saturated heterocycles. The van der Waals surface area contributed by atoms with Crippen molar-refractivity contribution in [3.8, 4) is 0 Å². The second kappa shape index (κ2) is 44.0. The third kappa shape index (κ3) is 43.0. The molecule has 0 radical (unpaired) electrons. The number of hydrogen-bond acceptors (Lipinski definition) is 8. The van der Waals surface area contributed by atoms with Gasteiger partial charge in [-0.3, -0.25) is 18.6 Å². The zero-order chi connectivity index (χ0) is 42.5. The highest BCUT2D eigenvalue weighted by atomic mass is 31.2. The predicted octanol–water partition coefficient (Wildman–Crippen LogP) is 13.3. The van der Waals surface area contributed by atoms with Gasteiger partial charge in [-0.1, -0.05) is 157 Å². The lowest BCUT2D eigenvalue weighted by atomic mass is 10.1. The Morgan fingerprint density at radius 3 is 1.43 bits per heavy atom. The van der Waals surface area contributed by atoms with Crippen molar-refractivity contribution in [3.63, 3.8) is 0 Å². The topological polar surface area (TPSA) is 120 Å². The summed E-state index contributed by atoms with van der Waals surface area (Å²) < 4.78 is 33.2. The molecule has 0 rings (SSSR count). The molecule has 0 spiro atoms. The van der Waals surface area contributed by atoms with Crippen LogP contribution in [-0.2, 0) is 32.7 Å². The van der Waals surface area contributed by atoms with Crippen LogP contribution in [0.2, 0.25) is 0 Å². The summed E-state index contributed by atoms with van der Waals surface area (Å²) in [6.45, 7) is 4.10. The first-order chi connectivity index (χ1) is 28.3. The van der Waals surface area contributed by atoms with E-state index in [1.165, 1.54) is 83.5 Å². The smallest absolute Gasteiger partial charge is 0.462 e. The Morgan fingerprint density at radius 2 is 0.948 bits per heavy atom. The van der Waals surface area contributed by atoms with Crippen molar-refractivity contribution in [2.75, 3.05) is 33.4 Å². The summed E-state index contributed by atoms with van der Waals surface area (Å²) in [5.41, 5.74) is 0. The fraction of sp³-hybridized carbons (Fsp3) is 0.708. The normalized spacial score (nSPS) is 13.9. The Balaban J connectivity index is 4.29. The van der Waals surface area contributed by atoms with Crippen molar-refractivity contribution in [3.05, 3.63) is 72.9 Å². The lowest BCUT2D eigenvalue weighted by Gasteiger charge is -2.20. The van der Waals surface area contributed by atoms with Gasteiger partial charge < -0.3 is 19.7 Å². The zero-order valence-electron chi connectivity index (χ0n) is 37.0. The molecule has 0 aliphatic carbocycles. The number of hydrogen-bond donors (Lipinski definition) is 2. The molecule has 0 aromatic heterocycles. The Labute approximate surface area is 354 Å². The fourth-order valence-corrected chi connectivity index (χ4v) is 6.56. The van der Waals surface area contributed by atoms with Gasteiger partial charge in [0.25, 0.3) is 0 Å². The summed E-state index contributed by atoms with van der Waals surface area (Å²) in [4.78, 5) is 35.1. The van der Waals surface area contributed by atoms with E-state index >= 15 is 0 Å². The number of likely N-dealkylation sites (N-methyl/N-ethyl adjacent to an activating group) is 1. The van der Waals surface area contributed by atoms with Gasteiger partial charge in [0.05, 0.1) is 13.2 Å². The second-order valence-electron chi connectivity index (χ2n) is 14.9. The van der Waals surface area contributed by atoms with Crippen molar-refractivity contribution in [1.29, 1.82) is 0 Å². The van der Waals surface area contributed by atoms with E-state index in [4.69, 9.17) is 18.5 Å². The molecule has 0 amide bonds. The minimum absolute atomic E-state index is 0.0294. The molecule has 2 N–H and O–H groups in total. The molecule has 0 saturated carbocycles. The van der Waals surface area contributed by atoms with Gasteiger partial charge in [0, 0.05) is 19.4 Å². The number of rotatable bonds is 42. The van der Waals surface area contributed by atoms with Gasteiger partial charge in [-0.15, -0.1) is 0 Å². The Morgan fingerprint density at radius 1 is 0.534 bits per heavy atom. The molecule has 0 fully saturated rings. The molecule has 0 aromatic rings. The number of allylic oxidation sites excluding steroid dienone is 12. The average Bonchev–Trinajstić information content (AvgIpc) is 3.21. The summed E-state index contributed by atoms with van der Waals surface area (Å²) in [5, 5.41) is 2.82. The van der Waals surface area contributed by atoms with Crippen LogP contribution in [0.4, 0.5) is 0 Å². The van der Waals surface area contributed by atoms with Crippen LogP contribution in [0.5, 0.6) is 0 Å². The third-order valence-electron chi connectivity index (χ3n) is 9.30. The molecule has 334 valence electrons. The largest absolute Gasteiger partial charge is 0.472 e. The van der Waals surface area contributed by atoms with Crippen LogP contribution in [0.15, 0.2) is 72.9 Å². The summed E-state index contributed by atoms with van der Waals surface area (Å²) in [6.07, 6.45) is 52.3. The van der Waals surface area contributed by atoms with Gasteiger partial charge in [0.2, 0.25) is 0 Å². The molecule has 58 heavy (non-hydrogen) atoms. The zero-order valence-corrected chi connectivity index (χ0v) is 37.9. The van der Waals surface area contributed by atoms with Crippen LogP contribution in [0, 0.1) is 0 Å². The Bertz CT molecular complexity index is 1180. The third-order valence-corrected chi connectivity index (χ3v) is 10.3. The number of nitrogens with one attached hydrogen (secondary N) is 1. The quantitative estimate of drug-likeness (QED) is 0.0268. The molecule has 2 atom stereocenters. The van der Waals surface area contributed by atoms with Crippen LogP contribution in [0.3, 0.4) is 0 Å². The van der Waals surface area contributed by atoms with Crippen LogP contribution in [0.25, 0.3) is 0 Å². The van der Waals surface area contributed by atoms with E-state index in [0.29, 0.717) is 19.4 Å². The molecule has 10 heteroatoms. The van der Waals surface area contributed by atoms with Crippen LogP contribution in [0.1, 0.15) is 181 Å². The van der Waals surface area contributed by atoms with Crippen LogP contribution >= 0.6 is 7.82 Å². The van der Waals surface area contributed by atoms with Gasteiger partial charge in [0.15, 0.2) is 6.10 Å². The maximum absolute atomic E-state index is 12.6. The van der Waals surface area contributed by atoms with Gasteiger partial charge in [-0.25, -0.2) is 4.57 Å². The van der Waals surface area contributed by atoms with E-state index in [0.717, 1.165) is 57.8 Å². The van der Waals surface area contributed by atoms with Crippen LogP contribution in [-0.4, -0.2) is 56.3 Å². The summed E-state index contributed by atoms with van der Waals surface area (Å²) in [6, 6.07) is 0. The number of carbonyl (C=O) groups is 2. The van der Waals surface area contributed by atoms with Crippen molar-refractivity contribution in [1.82, 2.24) is 5.32 Å². The first-order valence-electron chi connectivity index (χ1n) is 22.9.